The van der Waals surface area contributed by atoms with Gasteiger partial charge in [0.2, 0.25) is 0 Å². The number of fused-ring (bicyclic) bond motifs is 5. The number of hydrogen-bond acceptors (Lipinski definition) is 5. The number of phenolic OH excluding ortho intramolecular Hbond substituents is 1. The maximum atomic E-state index is 13.1. The van der Waals surface area contributed by atoms with Crippen LogP contribution in [-0.4, -0.2) is 50.3 Å². The zero-order chi connectivity index (χ0) is 24.6. The molecule has 1 spiro atoms. The Morgan fingerprint density at radius 3 is 2.65 bits per heavy atom. The van der Waals surface area contributed by atoms with Crippen molar-refractivity contribution in [3.8, 4) is 11.5 Å². The van der Waals surface area contributed by atoms with Crippen LogP contribution in [0.1, 0.15) is 87.7 Å². The molecular weight excluding hydrogens is 434 g/mol. The molecule has 5 atom stereocenters. The van der Waals surface area contributed by atoms with Crippen LogP contribution < -0.4 is 4.74 Å². The van der Waals surface area contributed by atoms with Gasteiger partial charge in [-0.05, 0) is 55.4 Å². The number of carboxylic acids is 1. The molecule has 1 aromatic rings. The lowest BCUT2D eigenvalue weighted by Gasteiger charge is -2.64. The first-order chi connectivity index (χ1) is 15.9. The SMILES string of the molecule is C[C@@H]1CC[C@@H]2C(C)(C)[C@H](O)CC[C@]2(C)[C@]12Cc1c(O)cc3c(c1O2)CN(CCCC(=O)O)C3=O. The van der Waals surface area contributed by atoms with Gasteiger partial charge in [-0.2, -0.15) is 0 Å². The summed E-state index contributed by atoms with van der Waals surface area (Å²) in [4.78, 5) is 25.6. The second-order valence-electron chi connectivity index (χ2n) is 11.9. The molecule has 0 radical (unpaired) electrons. The largest absolute Gasteiger partial charge is 0.508 e. The molecular formula is C27H37NO6. The average Bonchev–Trinajstić information content (AvgIpc) is 3.31. The summed E-state index contributed by atoms with van der Waals surface area (Å²) in [5, 5.41) is 30.8. The second kappa shape index (κ2) is 7.61. The van der Waals surface area contributed by atoms with Crippen molar-refractivity contribution in [3.05, 3.63) is 22.8 Å². The predicted molar refractivity (Wildman–Crippen MR) is 126 cm³/mol. The van der Waals surface area contributed by atoms with Gasteiger partial charge in [-0.25, -0.2) is 0 Å². The van der Waals surface area contributed by atoms with E-state index in [-0.39, 0.29) is 40.9 Å². The Balaban J connectivity index is 1.52. The van der Waals surface area contributed by atoms with Gasteiger partial charge in [-0.1, -0.05) is 27.7 Å². The van der Waals surface area contributed by atoms with E-state index >= 15 is 0 Å². The third kappa shape index (κ3) is 3.05. The fourth-order valence-corrected chi connectivity index (χ4v) is 7.93. The number of nitrogens with zero attached hydrogens (tertiary/aromatic N) is 1. The molecule has 0 unspecified atom stereocenters. The Hall–Kier alpha value is -2.28. The van der Waals surface area contributed by atoms with Crippen molar-refractivity contribution in [1.82, 2.24) is 4.90 Å². The summed E-state index contributed by atoms with van der Waals surface area (Å²) >= 11 is 0. The monoisotopic (exact) mass is 471 g/mol. The summed E-state index contributed by atoms with van der Waals surface area (Å²) < 4.78 is 7.00. The van der Waals surface area contributed by atoms with Crippen LogP contribution in [0.5, 0.6) is 11.5 Å². The van der Waals surface area contributed by atoms with Crippen LogP contribution in [0.3, 0.4) is 0 Å². The molecule has 2 fully saturated rings. The highest BCUT2D eigenvalue weighted by molar-refractivity contribution is 6.00. The summed E-state index contributed by atoms with van der Waals surface area (Å²) in [5.74, 6) is 0.277. The van der Waals surface area contributed by atoms with E-state index in [1.54, 1.807) is 11.0 Å². The first kappa shape index (κ1) is 23.5. The Kier molecular flexibility index (Phi) is 5.25. The van der Waals surface area contributed by atoms with Crippen LogP contribution in [0.25, 0.3) is 0 Å². The fourth-order valence-electron chi connectivity index (χ4n) is 7.93. The van der Waals surface area contributed by atoms with Gasteiger partial charge in [0, 0.05) is 35.9 Å². The van der Waals surface area contributed by atoms with Gasteiger partial charge in [-0.15, -0.1) is 0 Å². The minimum atomic E-state index is -0.873. The fraction of sp³-hybridized carbons (Fsp3) is 0.704. The molecule has 1 amide bonds. The lowest BCUT2D eigenvalue weighted by molar-refractivity contribution is -0.210. The number of aromatic hydroxyl groups is 1. The quantitative estimate of drug-likeness (QED) is 0.610. The standard InChI is InChI=1S/C27H37NO6/c1-15-7-8-20-25(2,3)21(30)9-10-26(20,4)27(15)13-17-19(29)12-16-18(23(17)34-27)14-28(24(16)33)11-5-6-22(31)32/h12,15,20-21,29-30H,5-11,13-14H2,1-4H3,(H,31,32)/t15-,20-,21-,26+,27+/m1/s1. The Labute approximate surface area is 201 Å². The molecule has 1 aromatic carbocycles. The summed E-state index contributed by atoms with van der Waals surface area (Å²) in [5.41, 5.74) is 1.18. The minimum absolute atomic E-state index is 0.0159. The summed E-state index contributed by atoms with van der Waals surface area (Å²) in [7, 11) is 0. The third-order valence-corrected chi connectivity index (χ3v) is 9.99. The lowest BCUT2D eigenvalue weighted by Crippen LogP contribution is -2.66. The van der Waals surface area contributed by atoms with Crippen molar-refractivity contribution in [2.24, 2.45) is 22.7 Å². The van der Waals surface area contributed by atoms with Crippen LogP contribution in [0, 0.1) is 22.7 Å². The molecule has 7 heteroatoms. The molecule has 0 saturated heterocycles. The molecule has 3 N–H and O–H groups in total. The lowest BCUT2D eigenvalue weighted by atomic mass is 9.43. The number of carbonyl (C=O) groups excluding carboxylic acids is 1. The molecule has 7 nitrogen and oxygen atoms in total. The zero-order valence-electron chi connectivity index (χ0n) is 20.7. The highest BCUT2D eigenvalue weighted by Gasteiger charge is 2.67. The van der Waals surface area contributed by atoms with Gasteiger partial charge in [0.05, 0.1) is 18.2 Å². The van der Waals surface area contributed by atoms with E-state index in [0.29, 0.717) is 43.2 Å². The number of aliphatic hydroxyl groups excluding tert-OH is 1. The molecule has 2 aliphatic carbocycles. The molecule has 34 heavy (non-hydrogen) atoms. The summed E-state index contributed by atoms with van der Waals surface area (Å²) in [6.07, 6.45) is 4.31. The van der Waals surface area contributed by atoms with E-state index < -0.39 is 11.6 Å². The number of hydrogen-bond donors (Lipinski definition) is 3. The number of aliphatic carboxylic acids is 1. The van der Waals surface area contributed by atoms with Crippen molar-refractivity contribution < 1.29 is 29.6 Å². The maximum Gasteiger partial charge on any atom is 0.303 e. The number of carboxylic acid groups (broad SMARTS) is 1. The molecule has 2 saturated carbocycles. The number of benzene rings is 1. The topological polar surface area (TPSA) is 107 Å². The Morgan fingerprint density at radius 2 is 1.94 bits per heavy atom. The molecule has 4 aliphatic rings. The molecule has 2 aliphatic heterocycles. The van der Waals surface area contributed by atoms with Gasteiger partial charge >= 0.3 is 5.97 Å². The van der Waals surface area contributed by atoms with E-state index in [0.717, 1.165) is 36.8 Å². The number of phenols is 1. The summed E-state index contributed by atoms with van der Waals surface area (Å²) in [6.45, 7) is 9.65. The predicted octanol–water partition coefficient (Wildman–Crippen LogP) is 4.12. The van der Waals surface area contributed by atoms with E-state index in [1.807, 2.05) is 0 Å². The molecule has 5 rings (SSSR count). The zero-order valence-corrected chi connectivity index (χ0v) is 20.7. The number of aliphatic hydroxyl groups is 1. The third-order valence-electron chi connectivity index (χ3n) is 9.99. The Bertz CT molecular complexity index is 1050. The highest BCUT2D eigenvalue weighted by atomic mass is 16.5. The van der Waals surface area contributed by atoms with Crippen molar-refractivity contribution in [1.29, 1.82) is 0 Å². The molecule has 2 heterocycles. The van der Waals surface area contributed by atoms with Crippen LogP contribution in [0.4, 0.5) is 0 Å². The van der Waals surface area contributed by atoms with Crippen molar-refractivity contribution >= 4 is 11.9 Å². The molecule has 0 bridgehead atoms. The minimum Gasteiger partial charge on any atom is -0.508 e. The van der Waals surface area contributed by atoms with Gasteiger partial charge < -0.3 is 25.0 Å². The first-order valence-electron chi connectivity index (χ1n) is 12.7. The van der Waals surface area contributed by atoms with Crippen LogP contribution in [0.15, 0.2) is 6.07 Å². The average molecular weight is 472 g/mol. The van der Waals surface area contributed by atoms with Crippen molar-refractivity contribution in [3.63, 3.8) is 0 Å². The normalized spacial score (nSPS) is 35.6. The van der Waals surface area contributed by atoms with Crippen molar-refractivity contribution in [2.75, 3.05) is 6.54 Å². The van der Waals surface area contributed by atoms with Crippen LogP contribution in [-0.2, 0) is 17.8 Å². The number of amides is 1. The van der Waals surface area contributed by atoms with Gasteiger partial charge in [0.15, 0.2) is 0 Å². The second-order valence-corrected chi connectivity index (χ2v) is 11.9. The van der Waals surface area contributed by atoms with Crippen molar-refractivity contribution in [2.45, 2.75) is 90.9 Å². The van der Waals surface area contributed by atoms with Gasteiger partial charge in [-0.3, -0.25) is 9.59 Å². The van der Waals surface area contributed by atoms with E-state index in [9.17, 15) is 19.8 Å². The van der Waals surface area contributed by atoms with Gasteiger partial charge in [0.25, 0.3) is 5.91 Å². The van der Waals surface area contributed by atoms with E-state index in [2.05, 4.69) is 27.7 Å². The van der Waals surface area contributed by atoms with E-state index in [4.69, 9.17) is 9.84 Å². The summed E-state index contributed by atoms with van der Waals surface area (Å²) in [6, 6.07) is 1.58. The maximum absolute atomic E-state index is 13.1. The smallest absolute Gasteiger partial charge is 0.303 e. The van der Waals surface area contributed by atoms with Crippen LogP contribution >= 0.6 is 0 Å². The number of carbonyl (C=O) groups is 2. The molecule has 186 valence electrons. The number of ether oxygens (including phenoxy) is 1. The van der Waals surface area contributed by atoms with E-state index in [1.165, 1.54) is 0 Å². The molecule has 0 aromatic heterocycles. The Morgan fingerprint density at radius 1 is 1.21 bits per heavy atom. The number of rotatable bonds is 4. The highest BCUT2D eigenvalue weighted by Crippen LogP contribution is 2.67. The van der Waals surface area contributed by atoms with Crippen LogP contribution in [0.2, 0.25) is 0 Å². The van der Waals surface area contributed by atoms with Gasteiger partial charge in [0.1, 0.15) is 17.1 Å². The first-order valence-corrected chi connectivity index (χ1v) is 12.7.